The molecule has 0 spiro atoms. The van der Waals surface area contributed by atoms with Gasteiger partial charge >= 0.3 is 12.2 Å². The summed E-state index contributed by atoms with van der Waals surface area (Å²) in [6.45, 7) is 2.00. The second kappa shape index (κ2) is 12.0. The average Bonchev–Trinajstić information content (AvgIpc) is 3.80. The summed E-state index contributed by atoms with van der Waals surface area (Å²) < 4.78 is 47.1. The van der Waals surface area contributed by atoms with Crippen molar-refractivity contribution < 1.29 is 32.3 Å². The number of halogens is 3. The topological polar surface area (TPSA) is 104 Å². The second-order valence-corrected chi connectivity index (χ2v) is 12.9. The molecule has 1 saturated heterocycles. The number of benzene rings is 2. The lowest BCUT2D eigenvalue weighted by Gasteiger charge is -2.34. The molecule has 0 radical (unpaired) electrons. The Labute approximate surface area is 272 Å². The number of ether oxygens (including phenoxy) is 1. The van der Waals surface area contributed by atoms with Crippen molar-refractivity contribution in [1.82, 2.24) is 15.2 Å². The number of hydrogen-bond acceptors (Lipinski definition) is 6. The second-order valence-electron chi connectivity index (χ2n) is 11.9. The van der Waals surface area contributed by atoms with E-state index < -0.39 is 35.6 Å². The minimum Gasteiger partial charge on any atom is -0.457 e. The van der Waals surface area contributed by atoms with Crippen molar-refractivity contribution in [1.29, 1.82) is 0 Å². The van der Waals surface area contributed by atoms with E-state index in [2.05, 4.69) is 15.6 Å². The smallest absolute Gasteiger partial charge is 0.421 e. The molecule has 242 valence electrons. The minimum absolute atomic E-state index is 0.0458. The highest BCUT2D eigenvalue weighted by molar-refractivity contribution is 7.21. The Hall–Kier alpha value is -4.91. The highest BCUT2D eigenvalue weighted by Crippen LogP contribution is 2.46. The first-order valence-electron chi connectivity index (χ1n) is 15.3. The van der Waals surface area contributed by atoms with Gasteiger partial charge in [-0.05, 0) is 80.5 Å². The van der Waals surface area contributed by atoms with E-state index in [0.29, 0.717) is 64.5 Å². The van der Waals surface area contributed by atoms with Gasteiger partial charge in [-0.15, -0.1) is 11.3 Å². The van der Waals surface area contributed by atoms with Gasteiger partial charge in [0.25, 0.3) is 11.8 Å². The van der Waals surface area contributed by atoms with Gasteiger partial charge in [-0.2, -0.15) is 13.2 Å². The molecule has 2 aliphatic heterocycles. The summed E-state index contributed by atoms with van der Waals surface area (Å²) in [5.41, 5.74) is 1.15. The van der Waals surface area contributed by atoms with Gasteiger partial charge in [0.15, 0.2) is 0 Å². The highest BCUT2D eigenvalue weighted by atomic mass is 32.1. The SMILES string of the molecule is Cc1cc(Oc2ccccc2)ccc1N1C(=O)Nc2c(C(=O)N[C@@H]3CCCN(C(=O)C(=CC4CC4)C(F)(F)F)C3)sc3nccc1c23. The lowest BCUT2D eigenvalue weighted by atomic mass is 10.0. The van der Waals surface area contributed by atoms with Crippen LogP contribution in [0.2, 0.25) is 0 Å². The zero-order valence-electron chi connectivity index (χ0n) is 25.3. The maximum Gasteiger partial charge on any atom is 0.421 e. The summed E-state index contributed by atoms with van der Waals surface area (Å²) in [5.74, 6) is -0.477. The van der Waals surface area contributed by atoms with Gasteiger partial charge in [0.05, 0.1) is 22.4 Å². The van der Waals surface area contributed by atoms with Gasteiger partial charge in [0.1, 0.15) is 26.8 Å². The molecule has 2 N–H and O–H groups in total. The van der Waals surface area contributed by atoms with Crippen LogP contribution in [-0.2, 0) is 4.79 Å². The van der Waals surface area contributed by atoms with E-state index in [-0.39, 0.29) is 23.9 Å². The van der Waals surface area contributed by atoms with Crippen molar-refractivity contribution in [3.8, 4) is 11.5 Å². The number of carbonyl (C=O) groups excluding carboxylic acids is 3. The molecular weight excluding hydrogens is 631 g/mol. The standard InChI is InChI=1S/C34H30F3N5O4S/c1-19-16-23(46-22-7-3-2-4-8-22)11-12-25(19)42-26-13-14-38-31-27(26)28(40-33(42)45)29(47-31)30(43)39-21-6-5-15-41(18-21)32(44)24(34(35,36)37)17-20-9-10-20/h2-4,7-8,11-14,16-17,20-21H,5-6,9-10,15,18H2,1H3,(H,39,43)(H,40,45)/t21-/m1/s1. The van der Waals surface area contributed by atoms with E-state index in [0.717, 1.165) is 23.0 Å². The Morgan fingerprint density at radius 1 is 1.06 bits per heavy atom. The van der Waals surface area contributed by atoms with Crippen LogP contribution < -0.4 is 20.3 Å². The van der Waals surface area contributed by atoms with E-state index in [1.807, 2.05) is 43.3 Å². The predicted octanol–water partition coefficient (Wildman–Crippen LogP) is 7.70. The number of aryl methyl sites for hydroxylation is 1. The van der Waals surface area contributed by atoms with Crippen molar-refractivity contribution in [2.24, 2.45) is 5.92 Å². The van der Waals surface area contributed by atoms with Crippen LogP contribution in [0.5, 0.6) is 11.5 Å². The normalized spacial score (nSPS) is 18.3. The average molecular weight is 662 g/mol. The Morgan fingerprint density at radius 2 is 1.85 bits per heavy atom. The van der Waals surface area contributed by atoms with E-state index in [1.54, 1.807) is 24.4 Å². The zero-order valence-corrected chi connectivity index (χ0v) is 26.1. The number of nitrogens with one attached hydrogen (secondary N) is 2. The first kappa shape index (κ1) is 30.7. The molecule has 4 heterocycles. The fourth-order valence-corrected chi connectivity index (χ4v) is 7.06. The number of para-hydroxylation sites is 1. The van der Waals surface area contributed by atoms with Gasteiger partial charge in [-0.3, -0.25) is 14.5 Å². The molecule has 2 aromatic heterocycles. The lowest BCUT2D eigenvalue weighted by molar-refractivity contribution is -0.140. The minimum atomic E-state index is -4.75. The van der Waals surface area contributed by atoms with Crippen LogP contribution in [0.4, 0.5) is 35.0 Å². The number of aromatic nitrogens is 1. The van der Waals surface area contributed by atoms with E-state index in [1.165, 1.54) is 9.80 Å². The number of amides is 4. The third-order valence-corrected chi connectivity index (χ3v) is 9.54. The van der Waals surface area contributed by atoms with Gasteiger partial charge < -0.3 is 20.3 Å². The fourth-order valence-electron chi connectivity index (χ4n) is 6.04. The van der Waals surface area contributed by atoms with E-state index in [4.69, 9.17) is 4.74 Å². The Balaban J connectivity index is 1.12. The van der Waals surface area contributed by atoms with Crippen molar-refractivity contribution in [3.63, 3.8) is 0 Å². The molecule has 0 unspecified atom stereocenters. The van der Waals surface area contributed by atoms with Crippen LogP contribution in [0.25, 0.3) is 10.2 Å². The highest BCUT2D eigenvalue weighted by Gasteiger charge is 2.43. The van der Waals surface area contributed by atoms with Crippen molar-refractivity contribution in [3.05, 3.63) is 82.9 Å². The monoisotopic (exact) mass is 661 g/mol. The molecular formula is C34H30F3N5O4S. The summed E-state index contributed by atoms with van der Waals surface area (Å²) in [7, 11) is 0. The lowest BCUT2D eigenvalue weighted by Crippen LogP contribution is -2.50. The third kappa shape index (κ3) is 6.14. The molecule has 0 bridgehead atoms. The van der Waals surface area contributed by atoms with Crippen molar-refractivity contribution in [2.75, 3.05) is 23.3 Å². The van der Waals surface area contributed by atoms with Gasteiger partial charge in [-0.25, -0.2) is 9.78 Å². The molecule has 2 aromatic carbocycles. The van der Waals surface area contributed by atoms with Gasteiger partial charge in [0.2, 0.25) is 0 Å². The number of urea groups is 1. The summed E-state index contributed by atoms with van der Waals surface area (Å²) in [4.78, 5) is 48.1. The van der Waals surface area contributed by atoms with Crippen LogP contribution in [-0.4, -0.2) is 53.0 Å². The molecule has 4 aromatic rings. The van der Waals surface area contributed by atoms with E-state index >= 15 is 0 Å². The number of carbonyl (C=O) groups is 3. The van der Waals surface area contributed by atoms with Crippen LogP contribution in [0.1, 0.15) is 40.9 Å². The maximum absolute atomic E-state index is 13.7. The van der Waals surface area contributed by atoms with Crippen molar-refractivity contribution in [2.45, 2.75) is 44.8 Å². The largest absolute Gasteiger partial charge is 0.457 e. The quantitative estimate of drug-likeness (QED) is 0.198. The summed E-state index contributed by atoms with van der Waals surface area (Å²) in [5, 5.41) is 6.37. The predicted molar refractivity (Wildman–Crippen MR) is 172 cm³/mol. The number of rotatable bonds is 7. The van der Waals surface area contributed by atoms with Crippen LogP contribution in [0.15, 0.2) is 72.4 Å². The molecule has 9 nitrogen and oxygen atoms in total. The number of anilines is 3. The summed E-state index contributed by atoms with van der Waals surface area (Å²) >= 11 is 1.11. The number of likely N-dealkylation sites (tertiary alicyclic amines) is 1. The Bertz CT molecular complexity index is 1920. The fraction of sp³-hybridized carbons (Fsp3) is 0.294. The van der Waals surface area contributed by atoms with Gasteiger partial charge in [0, 0.05) is 25.3 Å². The number of hydrogen-bond donors (Lipinski definition) is 2. The van der Waals surface area contributed by atoms with Crippen molar-refractivity contribution >= 4 is 56.5 Å². The van der Waals surface area contributed by atoms with E-state index in [9.17, 15) is 27.6 Å². The van der Waals surface area contributed by atoms with Crippen LogP contribution >= 0.6 is 11.3 Å². The third-order valence-electron chi connectivity index (χ3n) is 8.44. The zero-order chi connectivity index (χ0) is 32.9. The summed E-state index contributed by atoms with van der Waals surface area (Å²) in [6, 6.07) is 15.5. The molecule has 1 atom stereocenters. The molecule has 3 aliphatic rings. The number of nitrogens with zero attached hydrogens (tertiary/aromatic N) is 3. The molecule has 7 rings (SSSR count). The molecule has 47 heavy (non-hydrogen) atoms. The Morgan fingerprint density at radius 3 is 2.57 bits per heavy atom. The first-order chi connectivity index (χ1) is 22.6. The molecule has 2 fully saturated rings. The maximum atomic E-state index is 13.7. The summed E-state index contributed by atoms with van der Waals surface area (Å²) in [6.07, 6.45) is 0.0889. The number of allylic oxidation sites excluding steroid dienone is 1. The number of alkyl halides is 3. The molecule has 13 heteroatoms. The number of pyridine rings is 1. The van der Waals surface area contributed by atoms with Crippen LogP contribution in [0.3, 0.4) is 0 Å². The molecule has 4 amide bonds. The first-order valence-corrected chi connectivity index (χ1v) is 16.1. The number of piperidine rings is 1. The Kier molecular flexibility index (Phi) is 7.87. The molecule has 1 aliphatic carbocycles. The van der Waals surface area contributed by atoms with Gasteiger partial charge in [-0.1, -0.05) is 24.3 Å². The number of thiophene rings is 1. The molecule has 1 saturated carbocycles. The van der Waals surface area contributed by atoms with Crippen LogP contribution in [0, 0.1) is 12.8 Å².